The molecule has 1 aromatic carbocycles. The molecule has 0 aromatic heterocycles. The summed E-state index contributed by atoms with van der Waals surface area (Å²) in [5.41, 5.74) is 3.61. The molecule has 19 heavy (non-hydrogen) atoms. The molecule has 3 nitrogen and oxygen atoms in total. The second-order valence-corrected chi connectivity index (χ2v) is 4.52. The molecule has 1 rings (SSSR count). The van der Waals surface area contributed by atoms with Crippen molar-refractivity contribution in [1.29, 1.82) is 0 Å². The van der Waals surface area contributed by atoms with E-state index >= 15 is 0 Å². The summed E-state index contributed by atoms with van der Waals surface area (Å²) in [5.74, 6) is -0.169. The van der Waals surface area contributed by atoms with Crippen LogP contribution in [0.15, 0.2) is 18.2 Å². The number of benzene rings is 1. The van der Waals surface area contributed by atoms with Crippen molar-refractivity contribution in [3.8, 4) is 0 Å². The van der Waals surface area contributed by atoms with Crippen LogP contribution in [0.1, 0.15) is 45.2 Å². The minimum absolute atomic E-state index is 0.169. The summed E-state index contributed by atoms with van der Waals surface area (Å²) in [6, 6.07) is 6.03. The molecule has 0 heterocycles. The van der Waals surface area contributed by atoms with Crippen LogP contribution in [0.2, 0.25) is 0 Å². The second kappa shape index (κ2) is 7.82. The molecule has 1 aromatic rings. The predicted octanol–water partition coefficient (Wildman–Crippen LogP) is 3.57. The highest BCUT2D eigenvalue weighted by atomic mass is 16.5. The van der Waals surface area contributed by atoms with Gasteiger partial charge in [-0.25, -0.2) is 4.79 Å². The molecule has 0 spiro atoms. The van der Waals surface area contributed by atoms with E-state index in [9.17, 15) is 4.79 Å². The zero-order valence-corrected chi connectivity index (χ0v) is 12.5. The van der Waals surface area contributed by atoms with E-state index < -0.39 is 0 Å². The Labute approximate surface area is 116 Å². The Morgan fingerprint density at radius 2 is 1.74 bits per heavy atom. The molecule has 1 unspecified atom stereocenters. The highest BCUT2D eigenvalue weighted by Crippen LogP contribution is 2.24. The molecule has 0 aliphatic rings. The molecule has 0 saturated heterocycles. The van der Waals surface area contributed by atoms with Crippen molar-refractivity contribution < 1.29 is 9.53 Å². The summed E-state index contributed by atoms with van der Waals surface area (Å²) < 4.78 is 5.11. The second-order valence-electron chi connectivity index (χ2n) is 4.52. The van der Waals surface area contributed by atoms with Gasteiger partial charge in [-0.15, -0.1) is 0 Å². The van der Waals surface area contributed by atoms with E-state index in [4.69, 9.17) is 4.74 Å². The lowest BCUT2D eigenvalue weighted by atomic mass is 10.0. The van der Waals surface area contributed by atoms with Gasteiger partial charge in [0.1, 0.15) is 6.04 Å². The van der Waals surface area contributed by atoms with E-state index in [0.717, 1.165) is 24.9 Å². The number of hydrogen-bond donors (Lipinski definition) is 1. The minimum Gasteiger partial charge on any atom is -0.464 e. The fourth-order valence-corrected chi connectivity index (χ4v) is 2.17. The Bertz CT molecular complexity index is 393. The highest BCUT2D eigenvalue weighted by Gasteiger charge is 2.19. The van der Waals surface area contributed by atoms with Gasteiger partial charge in [0.15, 0.2) is 0 Å². The number of nitrogens with one attached hydrogen (secondary N) is 1. The van der Waals surface area contributed by atoms with Gasteiger partial charge in [0.25, 0.3) is 0 Å². The number of rotatable bonds is 7. The number of anilines is 1. The minimum atomic E-state index is -0.266. The number of carbonyl (C=O) groups excluding carboxylic acids is 1. The molecule has 0 aliphatic carbocycles. The maximum absolute atomic E-state index is 11.9. The van der Waals surface area contributed by atoms with Crippen LogP contribution in [-0.2, 0) is 22.4 Å². The summed E-state index contributed by atoms with van der Waals surface area (Å²) in [6.45, 7) is 8.51. The van der Waals surface area contributed by atoms with Crippen molar-refractivity contribution >= 4 is 11.7 Å². The largest absolute Gasteiger partial charge is 0.464 e. The maximum Gasteiger partial charge on any atom is 0.328 e. The first-order valence-electron chi connectivity index (χ1n) is 7.21. The van der Waals surface area contributed by atoms with Crippen molar-refractivity contribution in [2.75, 3.05) is 11.9 Å². The molecule has 1 atom stereocenters. The Hall–Kier alpha value is -1.51. The Kier molecular flexibility index (Phi) is 6.40. The Balaban J connectivity index is 2.98. The van der Waals surface area contributed by atoms with E-state index in [1.165, 1.54) is 11.1 Å². The number of ether oxygens (including phenoxy) is 1. The molecule has 1 N–H and O–H groups in total. The summed E-state index contributed by atoms with van der Waals surface area (Å²) in [6.07, 6.45) is 2.63. The van der Waals surface area contributed by atoms with Crippen molar-refractivity contribution in [2.45, 2.75) is 53.0 Å². The van der Waals surface area contributed by atoms with Gasteiger partial charge in [-0.3, -0.25) is 0 Å². The van der Waals surface area contributed by atoms with E-state index in [1.54, 1.807) is 0 Å². The van der Waals surface area contributed by atoms with Gasteiger partial charge in [-0.1, -0.05) is 39.0 Å². The zero-order valence-electron chi connectivity index (χ0n) is 12.5. The lowest BCUT2D eigenvalue weighted by Gasteiger charge is -2.21. The number of esters is 1. The van der Waals surface area contributed by atoms with Gasteiger partial charge in [-0.2, -0.15) is 0 Å². The standard InChI is InChI=1S/C16H25NO2/c1-5-12-10-9-11-13(6-2)15(12)17-14(7-3)16(18)19-8-4/h9-11,14,17H,5-8H2,1-4H3. The molecule has 0 aliphatic heterocycles. The first-order valence-corrected chi connectivity index (χ1v) is 7.21. The lowest BCUT2D eigenvalue weighted by Crippen LogP contribution is -2.31. The predicted molar refractivity (Wildman–Crippen MR) is 79.5 cm³/mol. The summed E-state index contributed by atoms with van der Waals surface area (Å²) in [5, 5.41) is 3.38. The van der Waals surface area contributed by atoms with Crippen LogP contribution in [0.4, 0.5) is 5.69 Å². The lowest BCUT2D eigenvalue weighted by molar-refractivity contribution is -0.144. The first kappa shape index (κ1) is 15.5. The topological polar surface area (TPSA) is 38.3 Å². The van der Waals surface area contributed by atoms with Crippen LogP contribution in [-0.4, -0.2) is 18.6 Å². The third-order valence-electron chi connectivity index (χ3n) is 3.30. The fraction of sp³-hybridized carbons (Fsp3) is 0.562. The summed E-state index contributed by atoms with van der Waals surface area (Å²) in [7, 11) is 0. The third kappa shape index (κ3) is 3.98. The van der Waals surface area contributed by atoms with Crippen molar-refractivity contribution in [3.05, 3.63) is 29.3 Å². The molecule has 0 radical (unpaired) electrons. The molecule has 0 saturated carbocycles. The SMILES string of the molecule is CCOC(=O)C(CC)Nc1c(CC)cccc1CC. The summed E-state index contributed by atoms with van der Waals surface area (Å²) in [4.78, 5) is 11.9. The number of para-hydroxylation sites is 1. The van der Waals surface area contributed by atoms with Crippen LogP contribution in [0, 0.1) is 0 Å². The molecule has 0 amide bonds. The number of aryl methyl sites for hydroxylation is 2. The normalized spacial score (nSPS) is 12.0. The van der Waals surface area contributed by atoms with E-state index in [0.29, 0.717) is 6.61 Å². The quantitative estimate of drug-likeness (QED) is 0.764. The van der Waals surface area contributed by atoms with Crippen molar-refractivity contribution in [2.24, 2.45) is 0 Å². The van der Waals surface area contributed by atoms with E-state index in [1.807, 2.05) is 13.8 Å². The van der Waals surface area contributed by atoms with Crippen molar-refractivity contribution in [3.63, 3.8) is 0 Å². The maximum atomic E-state index is 11.9. The fourth-order valence-electron chi connectivity index (χ4n) is 2.17. The van der Waals surface area contributed by atoms with Gasteiger partial charge in [0.2, 0.25) is 0 Å². The van der Waals surface area contributed by atoms with Crippen LogP contribution in [0.3, 0.4) is 0 Å². The van der Waals surface area contributed by atoms with E-state index in [2.05, 4.69) is 37.4 Å². The molecular weight excluding hydrogens is 238 g/mol. The van der Waals surface area contributed by atoms with Crippen molar-refractivity contribution in [1.82, 2.24) is 0 Å². The van der Waals surface area contributed by atoms with E-state index in [-0.39, 0.29) is 12.0 Å². The van der Waals surface area contributed by atoms with Gasteiger partial charge >= 0.3 is 5.97 Å². The van der Waals surface area contributed by atoms with Crippen LogP contribution in [0.5, 0.6) is 0 Å². The van der Waals surface area contributed by atoms with Crippen LogP contribution in [0.25, 0.3) is 0 Å². The summed E-state index contributed by atoms with van der Waals surface area (Å²) >= 11 is 0. The number of hydrogen-bond acceptors (Lipinski definition) is 3. The Morgan fingerprint density at radius 1 is 1.16 bits per heavy atom. The molecule has 0 fully saturated rings. The first-order chi connectivity index (χ1) is 9.17. The van der Waals surface area contributed by atoms with Gasteiger partial charge in [0, 0.05) is 5.69 Å². The van der Waals surface area contributed by atoms with Gasteiger partial charge in [-0.05, 0) is 37.3 Å². The monoisotopic (exact) mass is 263 g/mol. The molecule has 3 heteroatoms. The number of carbonyl (C=O) groups is 1. The van der Waals surface area contributed by atoms with Gasteiger partial charge in [0.05, 0.1) is 6.61 Å². The molecule has 0 bridgehead atoms. The van der Waals surface area contributed by atoms with Gasteiger partial charge < -0.3 is 10.1 Å². The van der Waals surface area contributed by atoms with Crippen LogP contribution < -0.4 is 5.32 Å². The average Bonchev–Trinajstić information content (AvgIpc) is 2.44. The highest BCUT2D eigenvalue weighted by molar-refractivity contribution is 5.80. The van der Waals surface area contributed by atoms with Crippen LogP contribution >= 0.6 is 0 Å². The third-order valence-corrected chi connectivity index (χ3v) is 3.30. The molecule has 106 valence electrons. The average molecular weight is 263 g/mol. The Morgan fingerprint density at radius 3 is 2.16 bits per heavy atom. The molecular formula is C16H25NO2. The zero-order chi connectivity index (χ0) is 14.3. The smallest absolute Gasteiger partial charge is 0.328 e.